The molecule has 126 valence electrons. The number of hydrogen-bond acceptors (Lipinski definition) is 4. The first-order chi connectivity index (χ1) is 11.4. The second kappa shape index (κ2) is 6.72. The molecule has 1 saturated carbocycles. The normalized spacial score (nSPS) is 15.1. The molecule has 1 aromatic heterocycles. The van der Waals surface area contributed by atoms with E-state index in [-0.39, 0.29) is 17.1 Å². The maximum absolute atomic E-state index is 13.9. The molecule has 1 aliphatic carbocycles. The van der Waals surface area contributed by atoms with Gasteiger partial charge in [0.2, 0.25) is 5.89 Å². The van der Waals surface area contributed by atoms with Crippen molar-refractivity contribution in [3.63, 3.8) is 0 Å². The van der Waals surface area contributed by atoms with E-state index in [2.05, 4.69) is 26.2 Å². The molecule has 2 aromatic rings. The van der Waals surface area contributed by atoms with Crippen molar-refractivity contribution in [1.82, 2.24) is 10.3 Å². The van der Waals surface area contributed by atoms with Crippen LogP contribution < -0.4 is 5.32 Å². The number of carbonyl (C=O) groups is 2. The van der Waals surface area contributed by atoms with Crippen LogP contribution in [0.2, 0.25) is 0 Å². The lowest BCUT2D eigenvalue weighted by molar-refractivity contribution is -0.139. The number of halogens is 2. The number of nitrogens with one attached hydrogen (secondary N) is 1. The molecule has 24 heavy (non-hydrogen) atoms. The van der Waals surface area contributed by atoms with E-state index in [0.717, 1.165) is 19.1 Å². The molecule has 0 spiro atoms. The van der Waals surface area contributed by atoms with Gasteiger partial charge in [0.15, 0.2) is 5.69 Å². The molecule has 1 aliphatic rings. The van der Waals surface area contributed by atoms with Crippen LogP contribution in [0.1, 0.15) is 29.8 Å². The molecule has 1 fully saturated rings. The van der Waals surface area contributed by atoms with Crippen molar-refractivity contribution in [1.29, 1.82) is 0 Å². The maximum Gasteiger partial charge on any atom is 0.326 e. The van der Waals surface area contributed by atoms with Gasteiger partial charge in [-0.1, -0.05) is 28.8 Å². The van der Waals surface area contributed by atoms with Gasteiger partial charge in [-0.05, 0) is 30.5 Å². The lowest BCUT2D eigenvalue weighted by atomic mass is 10.1. The van der Waals surface area contributed by atoms with Crippen LogP contribution in [0.4, 0.5) is 4.39 Å². The van der Waals surface area contributed by atoms with E-state index in [1.54, 1.807) is 6.07 Å². The van der Waals surface area contributed by atoms with Crippen LogP contribution >= 0.6 is 15.9 Å². The fourth-order valence-corrected chi connectivity index (χ4v) is 2.64. The summed E-state index contributed by atoms with van der Waals surface area (Å²) in [6.45, 7) is 0. The highest BCUT2D eigenvalue weighted by molar-refractivity contribution is 9.10. The minimum atomic E-state index is -1.09. The number of carbonyl (C=O) groups excluding carboxylic acids is 1. The second-order valence-electron chi connectivity index (χ2n) is 5.71. The highest BCUT2D eigenvalue weighted by Crippen LogP contribution is 2.33. The summed E-state index contributed by atoms with van der Waals surface area (Å²) in [5, 5.41) is 11.6. The number of aliphatic carboxylic acids is 1. The summed E-state index contributed by atoms with van der Waals surface area (Å²) >= 11 is 3.15. The number of oxazole rings is 1. The van der Waals surface area contributed by atoms with Crippen molar-refractivity contribution >= 4 is 27.8 Å². The number of hydrogen-bond donors (Lipinski definition) is 2. The predicted molar refractivity (Wildman–Crippen MR) is 85.8 cm³/mol. The third-order valence-electron chi connectivity index (χ3n) is 3.77. The molecular formula is C16H14BrFN2O4. The number of benzene rings is 1. The second-order valence-corrected chi connectivity index (χ2v) is 6.62. The van der Waals surface area contributed by atoms with E-state index in [0.29, 0.717) is 16.8 Å². The third-order valence-corrected chi connectivity index (χ3v) is 4.26. The summed E-state index contributed by atoms with van der Waals surface area (Å²) in [4.78, 5) is 27.3. The zero-order valence-electron chi connectivity index (χ0n) is 12.5. The zero-order chi connectivity index (χ0) is 17.3. The average molecular weight is 397 g/mol. The topological polar surface area (TPSA) is 92.4 Å². The van der Waals surface area contributed by atoms with E-state index in [1.165, 1.54) is 12.1 Å². The number of carboxylic acid groups (broad SMARTS) is 1. The number of amides is 1. The van der Waals surface area contributed by atoms with Gasteiger partial charge in [0, 0.05) is 4.47 Å². The lowest BCUT2D eigenvalue weighted by Gasteiger charge is -2.12. The summed E-state index contributed by atoms with van der Waals surface area (Å²) in [5.41, 5.74) is 0.0272. The first kappa shape index (κ1) is 16.6. The first-order valence-corrected chi connectivity index (χ1v) is 8.18. The zero-order valence-corrected chi connectivity index (χ0v) is 14.0. The van der Waals surface area contributed by atoms with Crippen LogP contribution in [0, 0.1) is 11.7 Å². The summed E-state index contributed by atoms with van der Waals surface area (Å²) in [7, 11) is 0. The molecule has 1 unspecified atom stereocenters. The highest BCUT2D eigenvalue weighted by atomic mass is 79.9. The lowest BCUT2D eigenvalue weighted by Crippen LogP contribution is -2.41. The number of rotatable bonds is 6. The maximum atomic E-state index is 13.9. The minimum absolute atomic E-state index is 0.0424. The predicted octanol–water partition coefficient (Wildman–Crippen LogP) is 3.23. The van der Waals surface area contributed by atoms with Gasteiger partial charge in [0.05, 0.1) is 5.56 Å². The van der Waals surface area contributed by atoms with Crippen LogP contribution in [-0.4, -0.2) is 28.0 Å². The van der Waals surface area contributed by atoms with E-state index >= 15 is 0 Å². The van der Waals surface area contributed by atoms with Gasteiger partial charge in [-0.2, -0.15) is 0 Å². The molecule has 1 amide bonds. The molecule has 1 heterocycles. The quantitative estimate of drug-likeness (QED) is 0.781. The van der Waals surface area contributed by atoms with Crippen molar-refractivity contribution in [2.75, 3.05) is 0 Å². The molecule has 1 aromatic carbocycles. The Hall–Kier alpha value is -2.22. The molecular weight excluding hydrogens is 383 g/mol. The van der Waals surface area contributed by atoms with E-state index in [4.69, 9.17) is 4.42 Å². The van der Waals surface area contributed by atoms with Crippen LogP contribution in [0.15, 0.2) is 33.4 Å². The van der Waals surface area contributed by atoms with Crippen molar-refractivity contribution in [2.24, 2.45) is 5.92 Å². The van der Waals surface area contributed by atoms with E-state index < -0.39 is 23.7 Å². The highest BCUT2D eigenvalue weighted by Gasteiger charge is 2.31. The molecule has 0 aliphatic heterocycles. The minimum Gasteiger partial charge on any atom is -0.480 e. The fourth-order valence-electron chi connectivity index (χ4n) is 2.31. The number of carboxylic acids is 1. The standard InChI is InChI=1S/C16H14BrFN2O4/c17-9-3-4-10(11(18)6-9)15-20-13(7-24-15)14(21)19-12(16(22)23)5-8-1-2-8/h3-4,6-8,12H,1-2,5H2,(H,19,21)(H,22,23). The van der Waals surface area contributed by atoms with Crippen molar-refractivity contribution in [3.8, 4) is 11.5 Å². The smallest absolute Gasteiger partial charge is 0.326 e. The van der Waals surface area contributed by atoms with Crippen LogP contribution in [0.25, 0.3) is 11.5 Å². The van der Waals surface area contributed by atoms with Crippen molar-refractivity contribution < 1.29 is 23.5 Å². The largest absolute Gasteiger partial charge is 0.480 e. The number of nitrogens with zero attached hydrogens (tertiary/aromatic N) is 1. The van der Waals surface area contributed by atoms with Gasteiger partial charge >= 0.3 is 5.97 Å². The van der Waals surface area contributed by atoms with Crippen molar-refractivity contribution in [2.45, 2.75) is 25.3 Å². The van der Waals surface area contributed by atoms with Gasteiger partial charge in [0.1, 0.15) is 18.1 Å². The molecule has 1 atom stereocenters. The van der Waals surface area contributed by atoms with Crippen molar-refractivity contribution in [3.05, 3.63) is 40.4 Å². The molecule has 6 nitrogen and oxygen atoms in total. The Balaban J connectivity index is 1.74. The molecule has 8 heteroatoms. The van der Waals surface area contributed by atoms with Gasteiger partial charge < -0.3 is 14.8 Å². The Bertz CT molecular complexity index is 788. The van der Waals surface area contributed by atoms with Crippen LogP contribution in [0.5, 0.6) is 0 Å². The summed E-state index contributed by atoms with van der Waals surface area (Å²) < 4.78 is 19.6. The third kappa shape index (κ3) is 3.81. The SMILES string of the molecule is O=C(NC(CC1CC1)C(=O)O)c1coc(-c2ccc(Br)cc2F)n1. The fraction of sp³-hybridized carbons (Fsp3) is 0.312. The molecule has 0 radical (unpaired) electrons. The van der Waals surface area contributed by atoms with E-state index in [1.807, 2.05) is 0 Å². The Kier molecular flexibility index (Phi) is 4.66. The summed E-state index contributed by atoms with van der Waals surface area (Å²) in [6.07, 6.45) is 3.45. The molecule has 0 saturated heterocycles. The van der Waals surface area contributed by atoms with Crippen LogP contribution in [0.3, 0.4) is 0 Å². The van der Waals surface area contributed by atoms with Gasteiger partial charge in [0.25, 0.3) is 5.91 Å². The van der Waals surface area contributed by atoms with E-state index in [9.17, 15) is 19.1 Å². The Morgan fingerprint density at radius 3 is 2.83 bits per heavy atom. The monoisotopic (exact) mass is 396 g/mol. The van der Waals surface area contributed by atoms with Crippen LogP contribution in [-0.2, 0) is 4.79 Å². The molecule has 2 N–H and O–H groups in total. The Labute approximate surface area is 145 Å². The average Bonchev–Trinajstić information content (AvgIpc) is 3.20. The summed E-state index contributed by atoms with van der Waals surface area (Å²) in [6, 6.07) is 3.39. The summed E-state index contributed by atoms with van der Waals surface area (Å²) in [5.74, 6) is -1.99. The number of aromatic nitrogens is 1. The van der Waals surface area contributed by atoms with Gasteiger partial charge in [-0.3, -0.25) is 4.79 Å². The Morgan fingerprint density at radius 1 is 1.46 bits per heavy atom. The van der Waals surface area contributed by atoms with Gasteiger partial charge in [-0.25, -0.2) is 14.2 Å². The molecule has 3 rings (SSSR count). The first-order valence-electron chi connectivity index (χ1n) is 7.38. The van der Waals surface area contributed by atoms with Gasteiger partial charge in [-0.15, -0.1) is 0 Å². The molecule has 0 bridgehead atoms. The Morgan fingerprint density at radius 2 is 2.21 bits per heavy atom.